The molecule has 5 rings (SSSR count). The largest absolute Gasteiger partial charge is 0.379 e. The van der Waals surface area contributed by atoms with E-state index in [1.54, 1.807) is 12.1 Å². The van der Waals surface area contributed by atoms with E-state index < -0.39 is 0 Å². The van der Waals surface area contributed by atoms with E-state index in [0.29, 0.717) is 16.7 Å². The molecule has 3 aromatic carbocycles. The summed E-state index contributed by atoms with van der Waals surface area (Å²) in [6.45, 7) is 4.61. The summed E-state index contributed by atoms with van der Waals surface area (Å²) >= 11 is 0. The maximum atomic E-state index is 12.8. The smallest absolute Gasteiger partial charge is 0.255 e. The van der Waals surface area contributed by atoms with Gasteiger partial charge in [0.1, 0.15) is 0 Å². The second kappa shape index (κ2) is 8.46. The molecule has 156 valence electrons. The lowest BCUT2D eigenvalue weighted by Crippen LogP contribution is -2.37. The van der Waals surface area contributed by atoms with Gasteiger partial charge >= 0.3 is 0 Å². The van der Waals surface area contributed by atoms with E-state index in [0.717, 1.165) is 56.1 Å². The number of ether oxygens (including phenoxy) is 1. The Hall–Kier alpha value is -3.28. The van der Waals surface area contributed by atoms with Gasteiger partial charge in [0.2, 0.25) is 0 Å². The molecule has 5 nitrogen and oxygen atoms in total. The van der Waals surface area contributed by atoms with Gasteiger partial charge in [-0.15, -0.1) is 0 Å². The Balaban J connectivity index is 1.24. The normalized spacial score (nSPS) is 15.4. The summed E-state index contributed by atoms with van der Waals surface area (Å²) in [4.78, 5) is 27.9. The van der Waals surface area contributed by atoms with Gasteiger partial charge in [-0.3, -0.25) is 14.5 Å². The molecule has 0 bridgehead atoms. The fourth-order valence-electron chi connectivity index (χ4n) is 4.24. The van der Waals surface area contributed by atoms with Gasteiger partial charge in [0.25, 0.3) is 5.91 Å². The number of ketones is 1. The Labute approximate surface area is 181 Å². The highest BCUT2D eigenvalue weighted by Crippen LogP contribution is 2.36. The van der Waals surface area contributed by atoms with E-state index >= 15 is 0 Å². The molecule has 1 aliphatic carbocycles. The van der Waals surface area contributed by atoms with E-state index in [4.69, 9.17) is 4.74 Å². The lowest BCUT2D eigenvalue weighted by atomic mass is 10.0. The highest BCUT2D eigenvalue weighted by atomic mass is 16.5. The summed E-state index contributed by atoms with van der Waals surface area (Å²) in [6, 6.07) is 20.9. The van der Waals surface area contributed by atoms with Gasteiger partial charge in [-0.05, 0) is 47.4 Å². The van der Waals surface area contributed by atoms with E-state index in [9.17, 15) is 9.59 Å². The predicted molar refractivity (Wildman–Crippen MR) is 121 cm³/mol. The average Bonchev–Trinajstić information content (AvgIpc) is 3.11. The summed E-state index contributed by atoms with van der Waals surface area (Å²) in [7, 11) is 0. The molecular weight excluding hydrogens is 388 g/mol. The molecule has 0 aromatic heterocycles. The number of morpholine rings is 1. The average molecular weight is 412 g/mol. The topological polar surface area (TPSA) is 58.6 Å². The van der Waals surface area contributed by atoms with Gasteiger partial charge in [-0.1, -0.05) is 42.5 Å². The van der Waals surface area contributed by atoms with Crippen LogP contribution in [-0.4, -0.2) is 49.4 Å². The number of rotatable bonds is 5. The van der Waals surface area contributed by atoms with Crippen LogP contribution in [0.25, 0.3) is 11.1 Å². The van der Waals surface area contributed by atoms with E-state index in [-0.39, 0.29) is 11.7 Å². The van der Waals surface area contributed by atoms with Gasteiger partial charge in [-0.25, -0.2) is 0 Å². The maximum Gasteiger partial charge on any atom is 0.255 e. The lowest BCUT2D eigenvalue weighted by Gasteiger charge is -2.26. The Kier molecular flexibility index (Phi) is 5.37. The van der Waals surface area contributed by atoms with Crippen molar-refractivity contribution in [2.45, 2.75) is 6.42 Å². The minimum Gasteiger partial charge on any atom is -0.379 e. The third kappa shape index (κ3) is 4.02. The molecule has 0 unspecified atom stereocenters. The van der Waals surface area contributed by atoms with Crippen molar-refractivity contribution >= 4 is 17.4 Å². The zero-order chi connectivity index (χ0) is 21.2. The zero-order valence-electron chi connectivity index (χ0n) is 17.3. The first-order chi connectivity index (χ1) is 15.2. The first kappa shape index (κ1) is 19.7. The van der Waals surface area contributed by atoms with Crippen LogP contribution in [0.1, 0.15) is 31.8 Å². The number of carbonyl (C=O) groups is 2. The molecule has 1 amide bonds. The molecule has 2 aliphatic rings. The van der Waals surface area contributed by atoms with Crippen molar-refractivity contribution in [1.82, 2.24) is 4.90 Å². The molecule has 3 aromatic rings. The molecular formula is C26H24N2O3. The van der Waals surface area contributed by atoms with Crippen molar-refractivity contribution < 1.29 is 14.3 Å². The molecule has 0 radical (unpaired) electrons. The molecule has 0 spiro atoms. The predicted octanol–water partition coefficient (Wildman–Crippen LogP) is 4.03. The van der Waals surface area contributed by atoms with Crippen molar-refractivity contribution in [2.24, 2.45) is 0 Å². The number of amides is 1. The van der Waals surface area contributed by atoms with Crippen molar-refractivity contribution in [2.75, 3.05) is 38.2 Å². The summed E-state index contributed by atoms with van der Waals surface area (Å²) in [5.74, 6) is -0.238. The Bertz CT molecular complexity index is 1130. The van der Waals surface area contributed by atoms with E-state index in [1.807, 2.05) is 42.5 Å². The number of nitrogens with one attached hydrogen (secondary N) is 1. The van der Waals surface area contributed by atoms with Crippen LogP contribution in [0.4, 0.5) is 5.69 Å². The van der Waals surface area contributed by atoms with Crippen LogP contribution in [0.15, 0.2) is 66.7 Å². The first-order valence-electron chi connectivity index (χ1n) is 10.7. The SMILES string of the molecule is O=C(Nc1ccc(CCN2CCOCC2)cc1)c1ccc2c(c1)C(=O)c1ccccc1-2. The molecule has 0 atom stereocenters. The summed E-state index contributed by atoms with van der Waals surface area (Å²) < 4.78 is 5.39. The minimum atomic E-state index is -0.215. The highest BCUT2D eigenvalue weighted by Gasteiger charge is 2.27. The van der Waals surface area contributed by atoms with Gasteiger partial charge in [0, 0.05) is 42.0 Å². The van der Waals surface area contributed by atoms with Crippen LogP contribution >= 0.6 is 0 Å². The Morgan fingerprint density at radius 1 is 0.871 bits per heavy atom. The molecule has 1 fully saturated rings. The highest BCUT2D eigenvalue weighted by molar-refractivity contribution is 6.22. The number of benzene rings is 3. The molecule has 1 aliphatic heterocycles. The van der Waals surface area contributed by atoms with Crippen LogP contribution < -0.4 is 5.32 Å². The van der Waals surface area contributed by atoms with Crippen molar-refractivity contribution in [3.63, 3.8) is 0 Å². The summed E-state index contributed by atoms with van der Waals surface area (Å²) in [5.41, 5.74) is 5.58. The third-order valence-corrected chi connectivity index (χ3v) is 6.02. The quantitative estimate of drug-likeness (QED) is 0.538. The summed E-state index contributed by atoms with van der Waals surface area (Å²) in [6.07, 6.45) is 0.974. The van der Waals surface area contributed by atoms with Crippen molar-refractivity contribution in [3.8, 4) is 11.1 Å². The van der Waals surface area contributed by atoms with Crippen LogP contribution in [0.5, 0.6) is 0 Å². The third-order valence-electron chi connectivity index (χ3n) is 6.02. The van der Waals surface area contributed by atoms with Gasteiger partial charge in [-0.2, -0.15) is 0 Å². The molecule has 1 heterocycles. The number of nitrogens with zero attached hydrogens (tertiary/aromatic N) is 1. The van der Waals surface area contributed by atoms with Crippen LogP contribution in [0.3, 0.4) is 0 Å². The minimum absolute atomic E-state index is 0.0233. The molecule has 31 heavy (non-hydrogen) atoms. The number of hydrogen-bond acceptors (Lipinski definition) is 4. The molecule has 1 N–H and O–H groups in total. The Morgan fingerprint density at radius 3 is 2.35 bits per heavy atom. The maximum absolute atomic E-state index is 12.8. The van der Waals surface area contributed by atoms with Crippen LogP contribution in [0, 0.1) is 0 Å². The number of carbonyl (C=O) groups excluding carboxylic acids is 2. The van der Waals surface area contributed by atoms with E-state index in [2.05, 4.69) is 22.3 Å². The molecule has 5 heteroatoms. The molecule has 0 saturated carbocycles. The fraction of sp³-hybridized carbons (Fsp3) is 0.231. The van der Waals surface area contributed by atoms with Crippen LogP contribution in [0.2, 0.25) is 0 Å². The number of anilines is 1. The van der Waals surface area contributed by atoms with Crippen molar-refractivity contribution in [3.05, 3.63) is 89.0 Å². The second-order valence-electron chi connectivity index (χ2n) is 7.99. The first-order valence-corrected chi connectivity index (χ1v) is 10.7. The fourth-order valence-corrected chi connectivity index (χ4v) is 4.24. The molecule has 1 saturated heterocycles. The summed E-state index contributed by atoms with van der Waals surface area (Å²) in [5, 5.41) is 2.94. The second-order valence-corrected chi connectivity index (χ2v) is 7.99. The van der Waals surface area contributed by atoms with Gasteiger partial charge in [0.15, 0.2) is 5.78 Å². The van der Waals surface area contributed by atoms with Crippen LogP contribution in [-0.2, 0) is 11.2 Å². The zero-order valence-corrected chi connectivity index (χ0v) is 17.3. The van der Waals surface area contributed by atoms with Gasteiger partial charge < -0.3 is 10.1 Å². The van der Waals surface area contributed by atoms with Gasteiger partial charge in [0.05, 0.1) is 13.2 Å². The Morgan fingerprint density at radius 2 is 1.58 bits per heavy atom. The van der Waals surface area contributed by atoms with E-state index in [1.165, 1.54) is 5.56 Å². The number of hydrogen-bond donors (Lipinski definition) is 1. The lowest BCUT2D eigenvalue weighted by molar-refractivity contribution is 0.0384. The standard InChI is InChI=1S/C26H24N2O3/c29-25-23-4-2-1-3-21(23)22-10-7-19(17-24(22)25)26(30)27-20-8-5-18(6-9-20)11-12-28-13-15-31-16-14-28/h1-10,17H,11-16H2,(H,27,30). The number of fused-ring (bicyclic) bond motifs is 3. The monoisotopic (exact) mass is 412 g/mol. The van der Waals surface area contributed by atoms with Crippen molar-refractivity contribution in [1.29, 1.82) is 0 Å².